The highest BCUT2D eigenvalue weighted by molar-refractivity contribution is 5.69. The Labute approximate surface area is 104 Å². The van der Waals surface area contributed by atoms with Crippen molar-refractivity contribution in [3.05, 3.63) is 17.7 Å². The van der Waals surface area contributed by atoms with E-state index in [1.54, 1.807) is 6.07 Å². The minimum absolute atomic E-state index is 0.0263. The first-order valence-electron chi connectivity index (χ1n) is 5.54. The van der Waals surface area contributed by atoms with Crippen LogP contribution in [-0.2, 0) is 4.74 Å². The number of alkyl carbamates (subject to hydrolysis) is 1. The molecule has 18 heavy (non-hydrogen) atoms. The molecule has 1 aromatic rings. The maximum atomic E-state index is 11.2. The van der Waals surface area contributed by atoms with Crippen molar-refractivity contribution in [1.82, 2.24) is 5.32 Å². The van der Waals surface area contributed by atoms with Crippen LogP contribution in [0.5, 0.6) is 17.2 Å². The number of rotatable bonds is 3. The monoisotopic (exact) mass is 253 g/mol. The van der Waals surface area contributed by atoms with E-state index >= 15 is 0 Å². The van der Waals surface area contributed by atoms with E-state index in [-0.39, 0.29) is 11.8 Å². The number of benzene rings is 1. The molecule has 1 amide bonds. The molecule has 1 atom stereocenters. The highest BCUT2D eigenvalue weighted by atomic mass is 16.6. The number of hydrogen-bond acceptors (Lipinski definition) is 5. The molecule has 1 heterocycles. The Morgan fingerprint density at radius 1 is 1.39 bits per heavy atom. The maximum absolute atomic E-state index is 11.2. The van der Waals surface area contributed by atoms with Gasteiger partial charge in [-0.25, -0.2) is 4.79 Å². The second kappa shape index (κ2) is 5.03. The van der Waals surface area contributed by atoms with Gasteiger partial charge in [-0.15, -0.1) is 0 Å². The van der Waals surface area contributed by atoms with Crippen molar-refractivity contribution in [3.63, 3.8) is 0 Å². The maximum Gasteiger partial charge on any atom is 0.407 e. The first kappa shape index (κ1) is 12.3. The van der Waals surface area contributed by atoms with E-state index in [1.165, 1.54) is 20.3 Å². The molecule has 1 fully saturated rings. The highest BCUT2D eigenvalue weighted by Gasteiger charge is 2.27. The van der Waals surface area contributed by atoms with E-state index < -0.39 is 6.09 Å². The molecule has 0 spiro atoms. The van der Waals surface area contributed by atoms with Crippen molar-refractivity contribution in [2.45, 2.75) is 12.5 Å². The first-order valence-corrected chi connectivity index (χ1v) is 5.54. The number of ether oxygens (including phenoxy) is 3. The van der Waals surface area contributed by atoms with Crippen LogP contribution in [-0.4, -0.2) is 32.0 Å². The normalized spacial score (nSPS) is 18.8. The van der Waals surface area contributed by atoms with Gasteiger partial charge in [-0.2, -0.15) is 0 Å². The predicted octanol–water partition coefficient (Wildman–Crippen LogP) is 1.58. The first-order chi connectivity index (χ1) is 8.65. The van der Waals surface area contributed by atoms with Gasteiger partial charge in [0.2, 0.25) is 0 Å². The molecule has 0 radical (unpaired) electrons. The predicted molar refractivity (Wildman–Crippen MR) is 63.1 cm³/mol. The van der Waals surface area contributed by atoms with Gasteiger partial charge in [-0.3, -0.25) is 0 Å². The van der Waals surface area contributed by atoms with Crippen molar-refractivity contribution in [1.29, 1.82) is 0 Å². The summed E-state index contributed by atoms with van der Waals surface area (Å²) in [6.07, 6.45) is 0.0747. The van der Waals surface area contributed by atoms with Crippen LogP contribution in [0.1, 0.15) is 18.0 Å². The van der Waals surface area contributed by atoms with Gasteiger partial charge in [0, 0.05) is 18.6 Å². The van der Waals surface area contributed by atoms with Crippen LogP contribution >= 0.6 is 0 Å². The third kappa shape index (κ3) is 2.27. The van der Waals surface area contributed by atoms with Crippen molar-refractivity contribution < 1.29 is 24.1 Å². The van der Waals surface area contributed by atoms with Crippen LogP contribution in [0.25, 0.3) is 0 Å². The number of methoxy groups -OCH3 is 2. The molecule has 0 aromatic heterocycles. The summed E-state index contributed by atoms with van der Waals surface area (Å²) >= 11 is 0. The van der Waals surface area contributed by atoms with Crippen LogP contribution in [0.3, 0.4) is 0 Å². The SMILES string of the molecule is COc1cc(O)c([C@H]2CCOC(=O)N2)c(OC)c1. The average molecular weight is 253 g/mol. The molecule has 1 aliphatic heterocycles. The lowest BCUT2D eigenvalue weighted by Gasteiger charge is -2.26. The number of phenols is 1. The van der Waals surface area contributed by atoms with Gasteiger partial charge < -0.3 is 24.6 Å². The molecule has 0 unspecified atom stereocenters. The van der Waals surface area contributed by atoms with E-state index in [2.05, 4.69) is 5.32 Å². The van der Waals surface area contributed by atoms with E-state index in [0.717, 1.165) is 0 Å². The number of phenolic OH excluding ortho intramolecular Hbond substituents is 1. The van der Waals surface area contributed by atoms with Crippen LogP contribution in [0.15, 0.2) is 12.1 Å². The third-order valence-electron chi connectivity index (χ3n) is 2.83. The van der Waals surface area contributed by atoms with Crippen LogP contribution in [0.4, 0.5) is 4.79 Å². The molecule has 2 rings (SSSR count). The molecular formula is C12H15NO5. The van der Waals surface area contributed by atoms with Crippen molar-refractivity contribution in [2.24, 2.45) is 0 Å². The van der Waals surface area contributed by atoms with E-state index in [0.29, 0.717) is 30.1 Å². The van der Waals surface area contributed by atoms with Gasteiger partial charge in [-0.05, 0) is 0 Å². The molecule has 6 nitrogen and oxygen atoms in total. The molecule has 0 saturated carbocycles. The van der Waals surface area contributed by atoms with Gasteiger partial charge >= 0.3 is 6.09 Å². The smallest absolute Gasteiger partial charge is 0.407 e. The molecule has 98 valence electrons. The number of cyclic esters (lactones) is 1. The summed E-state index contributed by atoms with van der Waals surface area (Å²) in [4.78, 5) is 11.2. The second-order valence-corrected chi connectivity index (χ2v) is 3.88. The Balaban J connectivity index is 2.39. The standard InChI is InChI=1S/C12H15NO5/c1-16-7-5-9(14)11(10(6-7)17-2)8-3-4-18-12(15)13-8/h5-6,8,14H,3-4H2,1-2H3,(H,13,15)/t8-/m1/s1. The fourth-order valence-electron chi connectivity index (χ4n) is 1.97. The van der Waals surface area contributed by atoms with Gasteiger partial charge in [0.15, 0.2) is 0 Å². The number of hydrogen-bond donors (Lipinski definition) is 2. The van der Waals surface area contributed by atoms with Gasteiger partial charge in [0.1, 0.15) is 17.2 Å². The second-order valence-electron chi connectivity index (χ2n) is 3.88. The average Bonchev–Trinajstić information content (AvgIpc) is 2.37. The minimum Gasteiger partial charge on any atom is -0.507 e. The number of amides is 1. The van der Waals surface area contributed by atoms with Crippen LogP contribution in [0, 0.1) is 0 Å². The third-order valence-corrected chi connectivity index (χ3v) is 2.83. The lowest BCUT2D eigenvalue weighted by molar-refractivity contribution is 0.114. The van der Waals surface area contributed by atoms with E-state index in [4.69, 9.17) is 14.2 Å². The van der Waals surface area contributed by atoms with Gasteiger partial charge in [-0.1, -0.05) is 0 Å². The fourth-order valence-corrected chi connectivity index (χ4v) is 1.97. The van der Waals surface area contributed by atoms with E-state index in [9.17, 15) is 9.90 Å². The molecule has 0 bridgehead atoms. The largest absolute Gasteiger partial charge is 0.507 e. The summed E-state index contributed by atoms with van der Waals surface area (Å²) in [5, 5.41) is 12.7. The number of carbonyl (C=O) groups is 1. The Morgan fingerprint density at radius 3 is 2.78 bits per heavy atom. The minimum atomic E-state index is -0.497. The lowest BCUT2D eigenvalue weighted by atomic mass is 10.0. The van der Waals surface area contributed by atoms with Gasteiger partial charge in [0.25, 0.3) is 0 Å². The Hall–Kier alpha value is -2.11. The Morgan fingerprint density at radius 2 is 2.17 bits per heavy atom. The molecule has 0 aliphatic carbocycles. The molecular weight excluding hydrogens is 238 g/mol. The molecule has 1 aromatic carbocycles. The van der Waals surface area contributed by atoms with Crippen molar-refractivity contribution >= 4 is 6.09 Å². The highest BCUT2D eigenvalue weighted by Crippen LogP contribution is 2.39. The zero-order valence-electron chi connectivity index (χ0n) is 10.2. The van der Waals surface area contributed by atoms with E-state index in [1.807, 2.05) is 0 Å². The van der Waals surface area contributed by atoms with Crippen LogP contribution in [0.2, 0.25) is 0 Å². The number of nitrogens with one attached hydrogen (secondary N) is 1. The quantitative estimate of drug-likeness (QED) is 0.855. The summed E-state index contributed by atoms with van der Waals surface area (Å²) < 4.78 is 15.1. The molecule has 6 heteroatoms. The number of carbonyl (C=O) groups excluding carboxylic acids is 1. The van der Waals surface area contributed by atoms with Crippen LogP contribution < -0.4 is 14.8 Å². The summed E-state index contributed by atoms with van der Waals surface area (Å²) in [5.41, 5.74) is 0.537. The molecule has 1 saturated heterocycles. The van der Waals surface area contributed by atoms with Gasteiger partial charge in [0.05, 0.1) is 32.4 Å². The number of aromatic hydroxyl groups is 1. The fraction of sp³-hybridized carbons (Fsp3) is 0.417. The molecule has 2 N–H and O–H groups in total. The molecule has 1 aliphatic rings. The van der Waals surface area contributed by atoms with Crippen molar-refractivity contribution in [2.75, 3.05) is 20.8 Å². The topological polar surface area (TPSA) is 77.0 Å². The van der Waals surface area contributed by atoms with Crippen molar-refractivity contribution in [3.8, 4) is 17.2 Å². The zero-order chi connectivity index (χ0) is 13.1. The zero-order valence-corrected chi connectivity index (χ0v) is 10.2. The summed E-state index contributed by atoms with van der Waals surface area (Å²) in [5.74, 6) is 0.990. The Bertz CT molecular complexity index is 460. The summed E-state index contributed by atoms with van der Waals surface area (Å²) in [6.45, 7) is 0.311. The summed E-state index contributed by atoms with van der Waals surface area (Å²) in [7, 11) is 3.00. The summed E-state index contributed by atoms with van der Waals surface area (Å²) in [6, 6.07) is 2.82. The Kier molecular flexibility index (Phi) is 3.45. The lowest BCUT2D eigenvalue weighted by Crippen LogP contribution is -2.35.